The van der Waals surface area contributed by atoms with Crippen molar-refractivity contribution in [1.29, 1.82) is 0 Å². The molecule has 0 aromatic heterocycles. The Morgan fingerprint density at radius 3 is 2.68 bits per heavy atom. The molecule has 0 aliphatic rings. The SMILES string of the molecule is [2H]c1c([2H])c(CCC([2H])([2H])NCc2cccc3ccccc23)c([2H])c(C(F)(F)F)c1[2H]. The molecule has 4 heteroatoms. The van der Waals surface area contributed by atoms with Crippen LogP contribution in [-0.2, 0) is 19.1 Å². The van der Waals surface area contributed by atoms with Gasteiger partial charge in [0.1, 0.15) is 0 Å². The molecule has 0 fully saturated rings. The molecule has 0 bridgehead atoms. The maximum atomic E-state index is 13.2. The molecule has 25 heavy (non-hydrogen) atoms. The van der Waals surface area contributed by atoms with E-state index in [-0.39, 0.29) is 24.9 Å². The topological polar surface area (TPSA) is 12.0 Å². The predicted octanol–water partition coefficient (Wildman–Crippen LogP) is 5.58. The Balaban J connectivity index is 1.79. The van der Waals surface area contributed by atoms with Crippen LogP contribution in [0.15, 0.2) is 66.6 Å². The third-order valence-electron chi connectivity index (χ3n) is 3.74. The normalized spacial score (nSPS) is 15.8. The van der Waals surface area contributed by atoms with E-state index in [1.807, 2.05) is 42.5 Å². The molecule has 1 N–H and O–H groups in total. The van der Waals surface area contributed by atoms with Gasteiger partial charge in [-0.05, 0) is 47.3 Å². The third-order valence-corrected chi connectivity index (χ3v) is 3.74. The minimum Gasteiger partial charge on any atom is -0.313 e. The molecular formula is C21H20F3N. The summed E-state index contributed by atoms with van der Waals surface area (Å²) in [5.41, 5.74) is -1.09. The van der Waals surface area contributed by atoms with E-state index < -0.39 is 42.4 Å². The lowest BCUT2D eigenvalue weighted by atomic mass is 10.0. The highest BCUT2D eigenvalue weighted by atomic mass is 19.4. The van der Waals surface area contributed by atoms with Crippen LogP contribution in [0.1, 0.15) is 31.3 Å². The van der Waals surface area contributed by atoms with E-state index in [9.17, 15) is 13.2 Å². The summed E-state index contributed by atoms with van der Waals surface area (Å²) >= 11 is 0. The van der Waals surface area contributed by atoms with Crippen molar-refractivity contribution >= 4 is 10.8 Å². The van der Waals surface area contributed by atoms with E-state index in [0.29, 0.717) is 0 Å². The van der Waals surface area contributed by atoms with E-state index >= 15 is 0 Å². The third kappa shape index (κ3) is 4.60. The van der Waals surface area contributed by atoms with Crippen molar-refractivity contribution in [2.75, 3.05) is 6.50 Å². The average molecular weight is 349 g/mol. The maximum Gasteiger partial charge on any atom is 0.416 e. The lowest BCUT2D eigenvalue weighted by Crippen LogP contribution is -2.15. The van der Waals surface area contributed by atoms with Gasteiger partial charge in [-0.1, -0.05) is 60.6 Å². The number of hydrogen-bond donors (Lipinski definition) is 1. The summed E-state index contributed by atoms with van der Waals surface area (Å²) in [6, 6.07) is 9.46. The monoisotopic (exact) mass is 349 g/mol. The molecule has 0 amide bonds. The number of nitrogens with one attached hydrogen (secondary N) is 1. The second kappa shape index (κ2) is 7.70. The lowest BCUT2D eigenvalue weighted by molar-refractivity contribution is -0.137. The minimum absolute atomic E-state index is 0.180. The molecule has 0 aliphatic heterocycles. The highest BCUT2D eigenvalue weighted by Gasteiger charge is 2.30. The van der Waals surface area contributed by atoms with Crippen molar-refractivity contribution in [1.82, 2.24) is 5.32 Å². The second-order valence-corrected chi connectivity index (χ2v) is 5.52. The zero-order chi connectivity index (χ0) is 23.0. The smallest absolute Gasteiger partial charge is 0.313 e. The summed E-state index contributed by atoms with van der Waals surface area (Å²) in [7, 11) is 0. The quantitative estimate of drug-likeness (QED) is 0.612. The molecular weight excluding hydrogens is 323 g/mol. The fourth-order valence-corrected chi connectivity index (χ4v) is 2.53. The van der Waals surface area contributed by atoms with Gasteiger partial charge in [0, 0.05) is 9.29 Å². The number of fused-ring (bicyclic) bond motifs is 1. The van der Waals surface area contributed by atoms with Crippen LogP contribution in [0.4, 0.5) is 13.2 Å². The predicted molar refractivity (Wildman–Crippen MR) is 95.4 cm³/mol. The van der Waals surface area contributed by atoms with Crippen molar-refractivity contribution < 1.29 is 21.4 Å². The molecule has 0 aliphatic carbocycles. The summed E-state index contributed by atoms with van der Waals surface area (Å²) in [6.45, 7) is -1.81. The van der Waals surface area contributed by atoms with Gasteiger partial charge in [-0.3, -0.25) is 0 Å². The summed E-state index contributed by atoms with van der Waals surface area (Å²) in [6.07, 6.45) is -5.65. The van der Waals surface area contributed by atoms with E-state index in [2.05, 4.69) is 5.32 Å². The lowest BCUT2D eigenvalue weighted by Gasteiger charge is -2.10. The molecule has 130 valence electrons. The Labute approximate surface area is 153 Å². The first-order valence-corrected chi connectivity index (χ1v) is 7.80. The molecule has 1 nitrogen and oxygen atoms in total. The van der Waals surface area contributed by atoms with E-state index in [4.69, 9.17) is 8.22 Å². The van der Waals surface area contributed by atoms with Gasteiger partial charge in [-0.2, -0.15) is 13.2 Å². The number of benzene rings is 3. The second-order valence-electron chi connectivity index (χ2n) is 5.52. The highest BCUT2D eigenvalue weighted by molar-refractivity contribution is 5.85. The Hall–Kier alpha value is -2.33. The molecule has 0 unspecified atom stereocenters. The fourth-order valence-electron chi connectivity index (χ4n) is 2.53. The van der Waals surface area contributed by atoms with Gasteiger partial charge in [0.2, 0.25) is 0 Å². The molecule has 3 rings (SSSR count). The largest absolute Gasteiger partial charge is 0.416 e. The minimum atomic E-state index is -5.00. The van der Waals surface area contributed by atoms with Crippen molar-refractivity contribution in [3.8, 4) is 0 Å². The number of halogens is 3. The van der Waals surface area contributed by atoms with E-state index in [1.165, 1.54) is 0 Å². The van der Waals surface area contributed by atoms with Gasteiger partial charge in [0.25, 0.3) is 0 Å². The number of alkyl halides is 3. The van der Waals surface area contributed by atoms with Gasteiger partial charge in [0.05, 0.1) is 11.0 Å². The zero-order valence-corrected chi connectivity index (χ0v) is 13.3. The Bertz CT molecular complexity index is 1110. The average Bonchev–Trinajstić information content (AvgIpc) is 2.69. The maximum absolute atomic E-state index is 13.2. The summed E-state index contributed by atoms with van der Waals surface area (Å²) in [4.78, 5) is 0. The molecule has 0 radical (unpaired) electrons. The van der Waals surface area contributed by atoms with Gasteiger partial charge in [-0.15, -0.1) is 0 Å². The first-order valence-electron chi connectivity index (χ1n) is 10.8. The summed E-state index contributed by atoms with van der Waals surface area (Å²) in [5.74, 6) is 0. The van der Waals surface area contributed by atoms with E-state index in [1.54, 1.807) is 0 Å². The van der Waals surface area contributed by atoms with Crippen LogP contribution >= 0.6 is 0 Å². The van der Waals surface area contributed by atoms with Crippen molar-refractivity contribution in [3.05, 3.63) is 83.3 Å². The molecule has 0 heterocycles. The van der Waals surface area contributed by atoms with Crippen molar-refractivity contribution in [3.63, 3.8) is 0 Å². The molecule has 0 atom stereocenters. The standard InChI is InChI=1S/C21H20F3N/c22-21(23,24)19-11-3-6-16(14-19)7-5-13-25-15-18-10-4-9-17-8-1-2-12-20(17)18/h1-4,6,8-12,14,25H,5,7,13,15H2/i3D,6D,11D,13D2,14D. The molecule has 0 saturated carbocycles. The van der Waals surface area contributed by atoms with Gasteiger partial charge in [0.15, 0.2) is 0 Å². The molecule has 3 aromatic rings. The first-order chi connectivity index (χ1) is 14.4. The van der Waals surface area contributed by atoms with Crippen LogP contribution in [0.5, 0.6) is 0 Å². The molecule has 0 spiro atoms. The van der Waals surface area contributed by atoms with Crippen molar-refractivity contribution in [2.24, 2.45) is 0 Å². The Kier molecular flexibility index (Phi) is 3.49. The number of rotatable bonds is 6. The summed E-state index contributed by atoms with van der Waals surface area (Å²) in [5, 5.41) is 4.70. The number of hydrogen-bond acceptors (Lipinski definition) is 1. The first kappa shape index (κ1) is 11.3. The van der Waals surface area contributed by atoms with Gasteiger partial charge < -0.3 is 5.32 Å². The van der Waals surface area contributed by atoms with E-state index in [0.717, 1.165) is 16.3 Å². The molecule has 0 saturated heterocycles. The molecule has 3 aromatic carbocycles. The van der Waals surface area contributed by atoms with Crippen LogP contribution in [0, 0.1) is 0 Å². The van der Waals surface area contributed by atoms with Gasteiger partial charge in [-0.25, -0.2) is 0 Å². The van der Waals surface area contributed by atoms with Crippen LogP contribution in [0.2, 0.25) is 0 Å². The Morgan fingerprint density at radius 1 is 1.04 bits per heavy atom. The van der Waals surface area contributed by atoms with Crippen LogP contribution in [0.25, 0.3) is 10.8 Å². The zero-order valence-electron chi connectivity index (χ0n) is 19.3. The van der Waals surface area contributed by atoms with Crippen molar-refractivity contribution in [2.45, 2.75) is 25.6 Å². The summed E-state index contributed by atoms with van der Waals surface area (Å²) < 4.78 is 86.9. The van der Waals surface area contributed by atoms with Gasteiger partial charge >= 0.3 is 6.18 Å². The van der Waals surface area contributed by atoms with Crippen LogP contribution in [-0.4, -0.2) is 6.50 Å². The van der Waals surface area contributed by atoms with Crippen LogP contribution in [0.3, 0.4) is 0 Å². The highest BCUT2D eigenvalue weighted by Crippen LogP contribution is 2.29. The van der Waals surface area contributed by atoms with Crippen LogP contribution < -0.4 is 5.32 Å². The fraction of sp³-hybridized carbons (Fsp3) is 0.238. The Morgan fingerprint density at radius 2 is 1.84 bits per heavy atom.